The molecule has 0 bridgehead atoms. The number of piperidine rings is 1. The predicted octanol–water partition coefficient (Wildman–Crippen LogP) is 3.45. The Kier molecular flexibility index (Phi) is 8.14. The molecular formula is C26H35F3N6O. The Morgan fingerprint density at radius 2 is 2.08 bits per heavy atom. The fourth-order valence-corrected chi connectivity index (χ4v) is 4.79. The van der Waals surface area contributed by atoms with Gasteiger partial charge in [-0.05, 0) is 75.4 Å². The molecule has 36 heavy (non-hydrogen) atoms. The molecule has 0 aromatic carbocycles. The van der Waals surface area contributed by atoms with Crippen molar-refractivity contribution >= 4 is 17.8 Å². The number of nitrogens with zero attached hydrogens (tertiary/aromatic N) is 3. The molecule has 1 aliphatic carbocycles. The van der Waals surface area contributed by atoms with Gasteiger partial charge < -0.3 is 20.9 Å². The van der Waals surface area contributed by atoms with Crippen LogP contribution in [0.3, 0.4) is 0 Å². The van der Waals surface area contributed by atoms with Gasteiger partial charge in [-0.3, -0.25) is 9.79 Å². The van der Waals surface area contributed by atoms with Crippen molar-refractivity contribution < 1.29 is 18.0 Å². The van der Waals surface area contributed by atoms with Crippen LogP contribution in [0.2, 0.25) is 0 Å². The maximum absolute atomic E-state index is 13.2. The Morgan fingerprint density at radius 1 is 1.33 bits per heavy atom. The van der Waals surface area contributed by atoms with E-state index in [2.05, 4.69) is 32.5 Å². The van der Waals surface area contributed by atoms with Gasteiger partial charge in [0.15, 0.2) is 0 Å². The number of piperazine rings is 1. The SMILES string of the molecule is C=CC(=N\C=C1\C=NC(NC(=O)C2CCN(CC3(C(F)(F)F)CC3)CC2)=CC1)/C(C)=C1\CNCCN1. The van der Waals surface area contributed by atoms with Crippen LogP contribution in [0, 0.1) is 11.3 Å². The largest absolute Gasteiger partial charge is 0.395 e. The molecule has 0 aromatic heterocycles. The average Bonchev–Trinajstić information content (AvgIpc) is 3.67. The van der Waals surface area contributed by atoms with Crippen LogP contribution >= 0.6 is 0 Å². The first kappa shape index (κ1) is 26.3. The number of nitrogens with one attached hydrogen (secondary N) is 3. The van der Waals surface area contributed by atoms with Gasteiger partial charge in [-0.1, -0.05) is 6.58 Å². The van der Waals surface area contributed by atoms with E-state index in [0.29, 0.717) is 38.2 Å². The van der Waals surface area contributed by atoms with Crippen LogP contribution in [-0.2, 0) is 4.79 Å². The fraction of sp³-hybridized carbons (Fsp3) is 0.577. The highest BCUT2D eigenvalue weighted by atomic mass is 19.4. The maximum Gasteiger partial charge on any atom is 0.395 e. The second kappa shape index (κ2) is 11.1. The van der Waals surface area contributed by atoms with Crippen LogP contribution in [0.1, 0.15) is 39.0 Å². The van der Waals surface area contributed by atoms with Gasteiger partial charge in [-0.15, -0.1) is 0 Å². The van der Waals surface area contributed by atoms with Crippen molar-refractivity contribution in [2.75, 3.05) is 39.3 Å². The maximum atomic E-state index is 13.2. The van der Waals surface area contributed by atoms with Crippen molar-refractivity contribution in [3.8, 4) is 0 Å². The first-order valence-corrected chi connectivity index (χ1v) is 12.6. The highest BCUT2D eigenvalue weighted by Gasteiger charge is 2.63. The monoisotopic (exact) mass is 504 g/mol. The molecule has 3 N–H and O–H groups in total. The van der Waals surface area contributed by atoms with Crippen molar-refractivity contribution in [1.29, 1.82) is 0 Å². The van der Waals surface area contributed by atoms with Gasteiger partial charge >= 0.3 is 6.18 Å². The zero-order chi connectivity index (χ0) is 25.8. The standard InChI is InChI=1S/C26H35F3N6O/c1-3-21(18(2)22-16-30-10-11-31-22)32-14-19-4-5-23(33-15-19)34-24(36)20-6-12-35(13-7-20)17-25(8-9-25)26(27,28)29/h3,5,14-15,20,30-31H,1,4,6-13,16-17H2,2H3,(H,34,36)/b19-14+,22-18+,32-21+. The van der Waals surface area contributed by atoms with Gasteiger partial charge in [-0.2, -0.15) is 13.2 Å². The van der Waals surface area contributed by atoms with E-state index in [0.717, 1.165) is 42.2 Å². The molecule has 3 fully saturated rings. The Bertz CT molecular complexity index is 1000. The van der Waals surface area contributed by atoms with Gasteiger partial charge in [0.1, 0.15) is 5.82 Å². The van der Waals surface area contributed by atoms with Crippen molar-refractivity contribution in [3.63, 3.8) is 0 Å². The second-order valence-electron chi connectivity index (χ2n) is 10.00. The Balaban J connectivity index is 1.25. The molecule has 4 aliphatic rings. The number of allylic oxidation sites excluding steroid dienone is 4. The molecule has 0 radical (unpaired) electrons. The molecule has 7 nitrogen and oxygen atoms in total. The Labute approximate surface area is 210 Å². The van der Waals surface area contributed by atoms with E-state index >= 15 is 0 Å². The minimum atomic E-state index is -4.14. The Hall–Kier alpha value is -2.72. The highest BCUT2D eigenvalue weighted by Crippen LogP contribution is 2.58. The summed E-state index contributed by atoms with van der Waals surface area (Å²) in [6.07, 6.45) is 5.02. The van der Waals surface area contributed by atoms with Crippen LogP contribution in [0.5, 0.6) is 0 Å². The van der Waals surface area contributed by atoms with Crippen LogP contribution in [0.4, 0.5) is 13.2 Å². The number of amides is 1. The van der Waals surface area contributed by atoms with E-state index in [1.54, 1.807) is 18.5 Å². The second-order valence-corrected chi connectivity index (χ2v) is 10.00. The number of aliphatic imine (C=N–C) groups is 2. The number of likely N-dealkylation sites (tertiary alicyclic amines) is 1. The van der Waals surface area contributed by atoms with Crippen molar-refractivity contribution in [1.82, 2.24) is 20.9 Å². The number of carbonyl (C=O) groups is 1. The van der Waals surface area contributed by atoms with Crippen molar-refractivity contribution in [3.05, 3.63) is 47.6 Å². The summed E-state index contributed by atoms with van der Waals surface area (Å²) in [5, 5.41) is 9.59. The quantitative estimate of drug-likeness (QED) is 0.464. The molecule has 1 amide bonds. The molecule has 0 atom stereocenters. The lowest BCUT2D eigenvalue weighted by Crippen LogP contribution is -2.44. The number of alkyl halides is 3. The third kappa shape index (κ3) is 6.34. The normalized spacial score (nSPS) is 25.7. The van der Waals surface area contributed by atoms with Crippen LogP contribution < -0.4 is 16.0 Å². The molecule has 0 aromatic rings. The number of hydrogen-bond donors (Lipinski definition) is 3. The third-order valence-corrected chi connectivity index (χ3v) is 7.43. The van der Waals surface area contributed by atoms with E-state index in [-0.39, 0.29) is 31.2 Å². The first-order chi connectivity index (χ1) is 17.2. The summed E-state index contributed by atoms with van der Waals surface area (Å²) < 4.78 is 39.7. The van der Waals surface area contributed by atoms with Gasteiger partial charge in [0.2, 0.25) is 5.91 Å². The van der Waals surface area contributed by atoms with E-state index in [1.165, 1.54) is 0 Å². The molecule has 0 spiro atoms. The molecular weight excluding hydrogens is 469 g/mol. The van der Waals surface area contributed by atoms with E-state index in [4.69, 9.17) is 0 Å². The summed E-state index contributed by atoms with van der Waals surface area (Å²) in [6.45, 7) is 9.55. The van der Waals surface area contributed by atoms with Crippen LogP contribution in [0.25, 0.3) is 0 Å². The van der Waals surface area contributed by atoms with Gasteiger partial charge in [0.05, 0.1) is 11.1 Å². The molecule has 0 unspecified atom stereocenters. The zero-order valence-corrected chi connectivity index (χ0v) is 20.8. The highest BCUT2D eigenvalue weighted by molar-refractivity contribution is 6.08. The smallest absolute Gasteiger partial charge is 0.386 e. The number of hydrogen-bond acceptors (Lipinski definition) is 6. The molecule has 2 saturated heterocycles. The summed E-state index contributed by atoms with van der Waals surface area (Å²) in [5.41, 5.74) is 2.33. The van der Waals surface area contributed by atoms with E-state index in [9.17, 15) is 18.0 Å². The molecule has 1 saturated carbocycles. The summed E-state index contributed by atoms with van der Waals surface area (Å²) in [6, 6.07) is 0. The van der Waals surface area contributed by atoms with E-state index < -0.39 is 11.6 Å². The van der Waals surface area contributed by atoms with E-state index in [1.807, 2.05) is 17.9 Å². The van der Waals surface area contributed by atoms with Crippen molar-refractivity contribution in [2.24, 2.45) is 21.3 Å². The van der Waals surface area contributed by atoms with Crippen LogP contribution in [-0.4, -0.2) is 68.2 Å². The van der Waals surface area contributed by atoms with Gasteiger partial charge in [-0.25, -0.2) is 4.99 Å². The average molecular weight is 505 g/mol. The predicted molar refractivity (Wildman–Crippen MR) is 136 cm³/mol. The number of rotatable bonds is 7. The summed E-state index contributed by atoms with van der Waals surface area (Å²) in [7, 11) is 0. The van der Waals surface area contributed by atoms with Crippen molar-refractivity contribution in [2.45, 2.75) is 45.2 Å². The molecule has 3 aliphatic heterocycles. The lowest BCUT2D eigenvalue weighted by molar-refractivity contribution is -0.192. The minimum Gasteiger partial charge on any atom is -0.386 e. The molecule has 196 valence electrons. The zero-order valence-electron chi connectivity index (χ0n) is 20.8. The minimum absolute atomic E-state index is 0.0511. The Morgan fingerprint density at radius 3 is 2.64 bits per heavy atom. The van der Waals surface area contributed by atoms with Gasteiger partial charge in [0.25, 0.3) is 0 Å². The third-order valence-electron chi connectivity index (χ3n) is 7.43. The molecule has 4 rings (SSSR count). The first-order valence-electron chi connectivity index (χ1n) is 12.6. The summed E-state index contributed by atoms with van der Waals surface area (Å²) >= 11 is 0. The fourth-order valence-electron chi connectivity index (χ4n) is 4.79. The lowest BCUT2D eigenvalue weighted by Gasteiger charge is -2.34. The van der Waals surface area contributed by atoms with Crippen LogP contribution in [0.15, 0.2) is 57.6 Å². The summed E-state index contributed by atoms with van der Waals surface area (Å²) in [4.78, 5) is 23.5. The summed E-state index contributed by atoms with van der Waals surface area (Å²) in [5.74, 6) is 0.163. The number of halogens is 3. The lowest BCUT2D eigenvalue weighted by atomic mass is 9.94. The molecule has 10 heteroatoms. The topological polar surface area (TPSA) is 81.1 Å². The molecule has 3 heterocycles. The van der Waals surface area contributed by atoms with Gasteiger partial charge in [0, 0.05) is 50.2 Å². The number of carbonyl (C=O) groups excluding carboxylic acids is 1.